The molecule has 0 spiro atoms. The molecule has 1 amide bonds. The van der Waals surface area contributed by atoms with Crippen molar-refractivity contribution in [3.63, 3.8) is 0 Å². The number of hydrogen-bond acceptors (Lipinski definition) is 2. The number of amides is 1. The molecule has 1 unspecified atom stereocenters. The summed E-state index contributed by atoms with van der Waals surface area (Å²) in [6, 6.07) is 0. The lowest BCUT2D eigenvalue weighted by Crippen LogP contribution is -2.25. The van der Waals surface area contributed by atoms with Gasteiger partial charge in [-0.05, 0) is 0 Å². The fraction of sp³-hybridized carbons (Fsp3) is 0.750. The monoisotopic (exact) mass is 133 g/mol. The van der Waals surface area contributed by atoms with Gasteiger partial charge < -0.3 is 4.55 Å². The molecule has 1 aliphatic rings. The van der Waals surface area contributed by atoms with Crippen LogP contribution in [-0.4, -0.2) is 16.2 Å². The molecule has 3 nitrogen and oxygen atoms in total. The molecule has 1 atom stereocenters. The summed E-state index contributed by atoms with van der Waals surface area (Å²) < 4.78 is 12.8. The molecule has 4 heteroatoms. The van der Waals surface area contributed by atoms with E-state index in [2.05, 4.69) is 4.72 Å². The second kappa shape index (κ2) is 2.37. The zero-order valence-electron chi connectivity index (χ0n) is 4.29. The third-order valence-corrected chi connectivity index (χ3v) is 2.40. The van der Waals surface area contributed by atoms with E-state index in [4.69, 9.17) is 0 Å². The minimum Gasteiger partial charge on any atom is -0.593 e. The molecule has 0 aromatic heterocycles. The summed E-state index contributed by atoms with van der Waals surface area (Å²) in [7, 11) is 0. The van der Waals surface area contributed by atoms with Crippen LogP contribution in [0.4, 0.5) is 0 Å². The van der Waals surface area contributed by atoms with Crippen molar-refractivity contribution >= 4 is 17.8 Å². The van der Waals surface area contributed by atoms with E-state index in [0.717, 1.165) is 12.8 Å². The highest BCUT2D eigenvalue weighted by Crippen LogP contribution is 2.26. The van der Waals surface area contributed by atoms with Crippen molar-refractivity contribution in [3.05, 3.63) is 0 Å². The van der Waals surface area contributed by atoms with Gasteiger partial charge in [0.15, 0.2) is 0 Å². The van der Waals surface area contributed by atoms with Crippen molar-refractivity contribution in [3.8, 4) is 0 Å². The first-order valence-electron chi connectivity index (χ1n) is 2.45. The van der Waals surface area contributed by atoms with Gasteiger partial charge in [0.1, 0.15) is 5.25 Å². The standard InChI is InChI=1S/C4H7NO2S/c6-3-5-8(7)4-1-2-4/h3-4H,1-2H2,(H,5,6). The summed E-state index contributed by atoms with van der Waals surface area (Å²) in [6.07, 6.45) is 2.47. The van der Waals surface area contributed by atoms with Crippen molar-refractivity contribution in [1.29, 1.82) is 0 Å². The van der Waals surface area contributed by atoms with Gasteiger partial charge in [0, 0.05) is 12.8 Å². The van der Waals surface area contributed by atoms with Crippen molar-refractivity contribution in [2.75, 3.05) is 0 Å². The number of rotatable bonds is 3. The summed E-state index contributed by atoms with van der Waals surface area (Å²) in [5, 5.41) is 0.250. The molecule has 0 aliphatic heterocycles. The molecule has 0 saturated heterocycles. The summed E-state index contributed by atoms with van der Waals surface area (Å²) >= 11 is -1.08. The molecule has 1 rings (SSSR count). The summed E-state index contributed by atoms with van der Waals surface area (Å²) in [5.74, 6) is 0. The Kier molecular flexibility index (Phi) is 1.75. The summed E-state index contributed by atoms with van der Waals surface area (Å²) in [5.41, 5.74) is 0. The molecule has 0 aromatic rings. The predicted molar refractivity (Wildman–Crippen MR) is 30.4 cm³/mol. The molecule has 1 N–H and O–H groups in total. The Labute approximate surface area is 50.8 Å². The van der Waals surface area contributed by atoms with Crippen LogP contribution in [0, 0.1) is 0 Å². The third-order valence-electron chi connectivity index (χ3n) is 0.991. The lowest BCUT2D eigenvalue weighted by Gasteiger charge is -2.03. The van der Waals surface area contributed by atoms with Crippen LogP contribution in [0.15, 0.2) is 0 Å². The van der Waals surface area contributed by atoms with Crippen LogP contribution in [0.3, 0.4) is 0 Å². The highest BCUT2D eigenvalue weighted by Gasteiger charge is 2.34. The molecular formula is C4H7NO2S. The van der Waals surface area contributed by atoms with Crippen LogP contribution < -0.4 is 4.72 Å². The molecular weight excluding hydrogens is 126 g/mol. The van der Waals surface area contributed by atoms with E-state index in [0.29, 0.717) is 6.41 Å². The topological polar surface area (TPSA) is 52.2 Å². The molecule has 1 saturated carbocycles. The smallest absolute Gasteiger partial charge is 0.248 e. The van der Waals surface area contributed by atoms with E-state index in [-0.39, 0.29) is 5.25 Å². The van der Waals surface area contributed by atoms with Crippen molar-refractivity contribution in [2.45, 2.75) is 18.1 Å². The number of hydrogen-bond donors (Lipinski definition) is 1. The average Bonchev–Trinajstić information content (AvgIpc) is 2.45. The predicted octanol–water partition coefficient (Wildman–Crippen LogP) is -0.442. The highest BCUT2D eigenvalue weighted by molar-refractivity contribution is 7.90. The van der Waals surface area contributed by atoms with Gasteiger partial charge in [-0.2, -0.15) is 4.72 Å². The van der Waals surface area contributed by atoms with E-state index < -0.39 is 11.4 Å². The van der Waals surface area contributed by atoms with Crippen LogP contribution in [0.5, 0.6) is 0 Å². The van der Waals surface area contributed by atoms with E-state index in [1.165, 1.54) is 0 Å². The second-order valence-corrected chi connectivity index (χ2v) is 3.23. The zero-order valence-corrected chi connectivity index (χ0v) is 5.11. The number of carbonyl (C=O) groups is 1. The lowest BCUT2D eigenvalue weighted by atomic mass is 11.0. The first-order chi connectivity index (χ1) is 3.84. The van der Waals surface area contributed by atoms with Gasteiger partial charge in [-0.25, -0.2) is 0 Å². The molecule has 1 aliphatic carbocycles. The third kappa shape index (κ3) is 1.38. The van der Waals surface area contributed by atoms with Gasteiger partial charge in [-0.15, -0.1) is 0 Å². The van der Waals surface area contributed by atoms with Crippen molar-refractivity contribution < 1.29 is 9.35 Å². The minimum absolute atomic E-state index is 0.250. The fourth-order valence-corrected chi connectivity index (χ4v) is 1.28. The Morgan fingerprint density at radius 2 is 2.38 bits per heavy atom. The Hall–Kier alpha value is -0.220. The molecule has 46 valence electrons. The molecule has 0 aromatic carbocycles. The van der Waals surface area contributed by atoms with E-state index in [1.807, 2.05) is 0 Å². The normalized spacial score (nSPS) is 22.1. The first kappa shape index (κ1) is 5.91. The van der Waals surface area contributed by atoms with E-state index in [1.54, 1.807) is 0 Å². The van der Waals surface area contributed by atoms with Gasteiger partial charge in [-0.3, -0.25) is 4.79 Å². The SMILES string of the molecule is O=CN[S+]([O-])C1CC1. The molecule has 0 radical (unpaired) electrons. The molecule has 1 fully saturated rings. The van der Waals surface area contributed by atoms with Gasteiger partial charge >= 0.3 is 0 Å². The van der Waals surface area contributed by atoms with Crippen LogP contribution in [0.1, 0.15) is 12.8 Å². The van der Waals surface area contributed by atoms with Gasteiger partial charge in [0.25, 0.3) is 0 Å². The maximum atomic E-state index is 10.6. The molecule has 0 bridgehead atoms. The highest BCUT2D eigenvalue weighted by atomic mass is 32.2. The van der Waals surface area contributed by atoms with E-state index in [9.17, 15) is 9.35 Å². The average molecular weight is 133 g/mol. The molecule has 8 heavy (non-hydrogen) atoms. The van der Waals surface area contributed by atoms with Crippen LogP contribution in [-0.2, 0) is 16.2 Å². The first-order valence-corrected chi connectivity index (χ1v) is 3.66. The van der Waals surface area contributed by atoms with Gasteiger partial charge in [0.05, 0.1) is 11.4 Å². The van der Waals surface area contributed by atoms with Gasteiger partial charge in [-0.1, -0.05) is 0 Å². The largest absolute Gasteiger partial charge is 0.593 e. The second-order valence-electron chi connectivity index (χ2n) is 1.73. The van der Waals surface area contributed by atoms with Crippen LogP contribution in [0.2, 0.25) is 0 Å². The Bertz CT molecular complexity index is 94.0. The maximum absolute atomic E-state index is 10.6. The summed E-state index contributed by atoms with van der Waals surface area (Å²) in [4.78, 5) is 9.64. The lowest BCUT2D eigenvalue weighted by molar-refractivity contribution is -0.108. The Morgan fingerprint density at radius 3 is 2.75 bits per heavy atom. The van der Waals surface area contributed by atoms with Crippen LogP contribution in [0.25, 0.3) is 0 Å². The quantitative estimate of drug-likeness (QED) is 0.419. The maximum Gasteiger partial charge on any atom is 0.248 e. The van der Waals surface area contributed by atoms with E-state index >= 15 is 0 Å². The summed E-state index contributed by atoms with van der Waals surface area (Å²) in [6.45, 7) is 0. The van der Waals surface area contributed by atoms with Gasteiger partial charge in [0.2, 0.25) is 6.41 Å². The van der Waals surface area contributed by atoms with Crippen LogP contribution >= 0.6 is 0 Å². The minimum atomic E-state index is -1.08. The number of nitrogens with one attached hydrogen (secondary N) is 1. The van der Waals surface area contributed by atoms with Crippen molar-refractivity contribution in [1.82, 2.24) is 4.72 Å². The number of carbonyl (C=O) groups excluding carboxylic acids is 1. The van der Waals surface area contributed by atoms with Crippen molar-refractivity contribution in [2.24, 2.45) is 0 Å². The Morgan fingerprint density at radius 1 is 1.75 bits per heavy atom. The zero-order chi connectivity index (χ0) is 5.98. The fourth-order valence-electron chi connectivity index (χ4n) is 0.426. The Balaban J connectivity index is 2.12. The molecule has 0 heterocycles.